The number of benzene rings is 1. The van der Waals surface area contributed by atoms with E-state index in [-0.39, 0.29) is 6.04 Å². The van der Waals surface area contributed by atoms with E-state index in [0.717, 1.165) is 0 Å². The summed E-state index contributed by atoms with van der Waals surface area (Å²) >= 11 is 0. The Bertz CT molecular complexity index is 494. The normalized spacial score (nSPS) is 21.9. The highest BCUT2D eigenvalue weighted by atomic mass is 15.0. The summed E-state index contributed by atoms with van der Waals surface area (Å²) in [5.74, 6) is 0. The van der Waals surface area contributed by atoms with Crippen LogP contribution in [0.3, 0.4) is 0 Å². The maximum atomic E-state index is 4.12. The maximum absolute atomic E-state index is 4.12. The molecule has 2 atom stereocenters. The number of hydrogen-bond acceptors (Lipinski definition) is 2. The van der Waals surface area contributed by atoms with E-state index in [1.54, 1.807) is 0 Å². The highest BCUT2D eigenvalue weighted by Crippen LogP contribution is 2.46. The molecule has 2 nitrogen and oxygen atoms in total. The Labute approximate surface area is 114 Å². The van der Waals surface area contributed by atoms with E-state index in [2.05, 4.69) is 66.6 Å². The molecule has 1 aromatic heterocycles. The lowest BCUT2D eigenvalue weighted by atomic mass is 9.99. The monoisotopic (exact) mass is 252 g/mol. The third-order valence-electron chi connectivity index (χ3n) is 4.05. The van der Waals surface area contributed by atoms with Crippen LogP contribution < -0.4 is 5.32 Å². The number of nitrogens with one attached hydrogen (secondary N) is 1. The second-order valence-corrected chi connectivity index (χ2v) is 6.04. The molecular weight excluding hydrogens is 232 g/mol. The summed E-state index contributed by atoms with van der Waals surface area (Å²) in [5, 5.41) is 3.79. The molecule has 0 amide bonds. The van der Waals surface area contributed by atoms with Crippen molar-refractivity contribution in [2.24, 2.45) is 5.41 Å². The zero-order valence-electron chi connectivity index (χ0n) is 11.5. The highest BCUT2D eigenvalue weighted by molar-refractivity contribution is 5.31. The molecule has 2 aromatic rings. The molecule has 2 heteroatoms. The summed E-state index contributed by atoms with van der Waals surface area (Å²) < 4.78 is 0. The first kappa shape index (κ1) is 12.4. The van der Waals surface area contributed by atoms with E-state index in [0.29, 0.717) is 11.5 Å². The molecule has 2 unspecified atom stereocenters. The van der Waals surface area contributed by atoms with Crippen LogP contribution in [0.25, 0.3) is 0 Å². The van der Waals surface area contributed by atoms with Gasteiger partial charge in [-0.05, 0) is 35.1 Å². The average molecular weight is 252 g/mol. The highest BCUT2D eigenvalue weighted by Gasteiger charge is 2.46. The maximum Gasteiger partial charge on any atom is 0.0580 e. The van der Waals surface area contributed by atoms with Gasteiger partial charge in [-0.3, -0.25) is 4.98 Å². The standard InChI is InChI=1S/C17H20N2/c1-17(2)12-15(17)19-16(13-6-4-3-5-7-13)14-8-10-18-11-9-14/h3-11,15-16,19H,12H2,1-2H3. The fraction of sp³-hybridized carbons (Fsp3) is 0.353. The van der Waals surface area contributed by atoms with Gasteiger partial charge in [-0.1, -0.05) is 44.2 Å². The van der Waals surface area contributed by atoms with Gasteiger partial charge in [0.15, 0.2) is 0 Å². The molecule has 0 aliphatic heterocycles. The topological polar surface area (TPSA) is 24.9 Å². The summed E-state index contributed by atoms with van der Waals surface area (Å²) in [6.07, 6.45) is 4.98. The Balaban J connectivity index is 1.88. The van der Waals surface area contributed by atoms with Gasteiger partial charge in [0.05, 0.1) is 6.04 Å². The van der Waals surface area contributed by atoms with Crippen molar-refractivity contribution in [1.29, 1.82) is 0 Å². The van der Waals surface area contributed by atoms with Gasteiger partial charge < -0.3 is 5.32 Å². The van der Waals surface area contributed by atoms with E-state index >= 15 is 0 Å². The third kappa shape index (κ3) is 2.69. The lowest BCUT2D eigenvalue weighted by molar-refractivity contribution is 0.507. The van der Waals surface area contributed by atoms with Crippen molar-refractivity contribution in [2.75, 3.05) is 0 Å². The van der Waals surface area contributed by atoms with Gasteiger partial charge >= 0.3 is 0 Å². The minimum atomic E-state index is 0.260. The van der Waals surface area contributed by atoms with Crippen LogP contribution in [0.4, 0.5) is 0 Å². The van der Waals surface area contributed by atoms with E-state index in [1.807, 2.05) is 12.4 Å². The molecule has 3 rings (SSSR count). The molecule has 0 spiro atoms. The number of nitrogens with zero attached hydrogens (tertiary/aromatic N) is 1. The van der Waals surface area contributed by atoms with Crippen LogP contribution in [0, 0.1) is 5.41 Å². The van der Waals surface area contributed by atoms with E-state index in [9.17, 15) is 0 Å². The smallest absolute Gasteiger partial charge is 0.0580 e. The first-order chi connectivity index (χ1) is 9.17. The van der Waals surface area contributed by atoms with Crippen LogP contribution in [-0.4, -0.2) is 11.0 Å². The Hall–Kier alpha value is -1.67. The minimum Gasteiger partial charge on any atom is -0.303 e. The van der Waals surface area contributed by atoms with Crippen molar-refractivity contribution in [3.05, 3.63) is 66.0 Å². The molecule has 1 N–H and O–H groups in total. The van der Waals surface area contributed by atoms with Gasteiger partial charge in [-0.2, -0.15) is 0 Å². The van der Waals surface area contributed by atoms with Crippen molar-refractivity contribution in [3.8, 4) is 0 Å². The van der Waals surface area contributed by atoms with Gasteiger partial charge in [-0.25, -0.2) is 0 Å². The summed E-state index contributed by atoms with van der Waals surface area (Å²) in [5.41, 5.74) is 3.03. The van der Waals surface area contributed by atoms with Crippen molar-refractivity contribution < 1.29 is 0 Å². The number of aromatic nitrogens is 1. The van der Waals surface area contributed by atoms with Crippen LogP contribution in [0.2, 0.25) is 0 Å². The van der Waals surface area contributed by atoms with Crippen LogP contribution >= 0.6 is 0 Å². The van der Waals surface area contributed by atoms with Crippen molar-refractivity contribution in [2.45, 2.75) is 32.4 Å². The lowest BCUT2D eigenvalue weighted by Gasteiger charge is -2.20. The Morgan fingerprint density at radius 2 is 1.63 bits per heavy atom. The Kier molecular flexibility index (Phi) is 3.11. The quantitative estimate of drug-likeness (QED) is 0.900. The van der Waals surface area contributed by atoms with Crippen molar-refractivity contribution in [1.82, 2.24) is 10.3 Å². The van der Waals surface area contributed by atoms with Gasteiger partial charge in [-0.15, -0.1) is 0 Å². The first-order valence-electron chi connectivity index (χ1n) is 6.88. The first-order valence-corrected chi connectivity index (χ1v) is 6.88. The molecule has 0 saturated heterocycles. The molecule has 19 heavy (non-hydrogen) atoms. The molecule has 98 valence electrons. The van der Waals surface area contributed by atoms with E-state index in [4.69, 9.17) is 0 Å². The molecule has 0 radical (unpaired) electrons. The Morgan fingerprint density at radius 1 is 1.05 bits per heavy atom. The molecule has 1 heterocycles. The summed E-state index contributed by atoms with van der Waals surface area (Å²) in [6.45, 7) is 4.64. The summed E-state index contributed by atoms with van der Waals surface area (Å²) in [4.78, 5) is 4.12. The summed E-state index contributed by atoms with van der Waals surface area (Å²) in [6, 6.07) is 15.7. The fourth-order valence-electron chi connectivity index (χ4n) is 2.54. The zero-order valence-corrected chi connectivity index (χ0v) is 11.5. The van der Waals surface area contributed by atoms with E-state index < -0.39 is 0 Å². The predicted octanol–water partition coefficient (Wildman–Crippen LogP) is 3.56. The number of rotatable bonds is 4. The molecule has 1 aliphatic carbocycles. The van der Waals surface area contributed by atoms with Gasteiger partial charge in [0.1, 0.15) is 0 Å². The SMILES string of the molecule is CC1(C)CC1NC(c1ccccc1)c1ccncc1. The molecule has 0 bridgehead atoms. The second-order valence-electron chi connectivity index (χ2n) is 6.04. The number of hydrogen-bond donors (Lipinski definition) is 1. The molecule has 1 aromatic carbocycles. The van der Waals surface area contributed by atoms with Crippen molar-refractivity contribution >= 4 is 0 Å². The third-order valence-corrected chi connectivity index (χ3v) is 4.05. The summed E-state index contributed by atoms with van der Waals surface area (Å²) in [7, 11) is 0. The van der Waals surface area contributed by atoms with Gasteiger partial charge in [0.2, 0.25) is 0 Å². The molecule has 1 fully saturated rings. The molecule has 1 saturated carbocycles. The zero-order chi connectivity index (χ0) is 13.3. The van der Waals surface area contributed by atoms with Crippen LogP contribution in [0.5, 0.6) is 0 Å². The average Bonchev–Trinajstić information content (AvgIpc) is 3.05. The second kappa shape index (κ2) is 4.78. The van der Waals surface area contributed by atoms with Gasteiger partial charge in [0, 0.05) is 18.4 Å². The lowest BCUT2D eigenvalue weighted by Crippen LogP contribution is -2.27. The Morgan fingerprint density at radius 3 is 2.21 bits per heavy atom. The fourth-order valence-corrected chi connectivity index (χ4v) is 2.54. The minimum absolute atomic E-state index is 0.260. The van der Waals surface area contributed by atoms with Crippen LogP contribution in [-0.2, 0) is 0 Å². The van der Waals surface area contributed by atoms with E-state index in [1.165, 1.54) is 17.5 Å². The predicted molar refractivity (Wildman–Crippen MR) is 77.8 cm³/mol. The molecular formula is C17H20N2. The van der Waals surface area contributed by atoms with Crippen LogP contribution in [0.1, 0.15) is 37.4 Å². The number of pyridine rings is 1. The molecule has 1 aliphatic rings. The largest absolute Gasteiger partial charge is 0.303 e. The van der Waals surface area contributed by atoms with Crippen molar-refractivity contribution in [3.63, 3.8) is 0 Å². The van der Waals surface area contributed by atoms with Gasteiger partial charge in [0.25, 0.3) is 0 Å². The van der Waals surface area contributed by atoms with Crippen LogP contribution in [0.15, 0.2) is 54.9 Å².